The summed E-state index contributed by atoms with van der Waals surface area (Å²) in [7, 11) is 0. The third kappa shape index (κ3) is 4.54. The molecule has 7 heteroatoms. The molecule has 0 radical (unpaired) electrons. The molecule has 4 nitrogen and oxygen atoms in total. The van der Waals surface area contributed by atoms with E-state index in [2.05, 4.69) is 9.73 Å². The van der Waals surface area contributed by atoms with Crippen molar-refractivity contribution >= 4 is 5.96 Å². The number of nitrogens with two attached hydrogens (primary N) is 2. The smallest absolute Gasteiger partial charge is 0.406 e. The van der Waals surface area contributed by atoms with Gasteiger partial charge in [0.15, 0.2) is 5.96 Å². The first kappa shape index (κ1) is 12.2. The van der Waals surface area contributed by atoms with Gasteiger partial charge in [0.2, 0.25) is 0 Å². The van der Waals surface area contributed by atoms with Crippen LogP contribution < -0.4 is 16.2 Å². The minimum absolute atomic E-state index is 0.0735. The number of alkyl halides is 3. The maximum absolute atomic E-state index is 11.8. The molecule has 16 heavy (non-hydrogen) atoms. The maximum Gasteiger partial charge on any atom is 0.573 e. The molecule has 88 valence electrons. The molecule has 0 atom stereocenters. The van der Waals surface area contributed by atoms with Crippen LogP contribution in [0.4, 0.5) is 13.2 Å². The minimum Gasteiger partial charge on any atom is -0.406 e. The molecule has 1 aromatic carbocycles. The van der Waals surface area contributed by atoms with Crippen molar-refractivity contribution in [2.45, 2.75) is 12.9 Å². The molecular formula is C9H10F3N3O. The van der Waals surface area contributed by atoms with Crippen molar-refractivity contribution in [3.8, 4) is 5.75 Å². The first-order chi connectivity index (χ1) is 7.37. The molecule has 0 aliphatic rings. The van der Waals surface area contributed by atoms with Crippen LogP contribution in [0.5, 0.6) is 5.75 Å². The standard InChI is InChI=1S/C9H10F3N3O/c10-9(11,12)16-7-3-1-6(2-4-7)5-15-8(13)14/h1-4H,5H2,(H4,13,14,15). The van der Waals surface area contributed by atoms with Crippen LogP contribution in [0.2, 0.25) is 0 Å². The number of halogens is 3. The van der Waals surface area contributed by atoms with E-state index in [4.69, 9.17) is 11.5 Å². The fourth-order valence-corrected chi connectivity index (χ4v) is 0.979. The number of guanidine groups is 1. The number of benzene rings is 1. The summed E-state index contributed by atoms with van der Waals surface area (Å²) in [6, 6.07) is 5.30. The van der Waals surface area contributed by atoms with Crippen LogP contribution in [0.15, 0.2) is 29.3 Å². The number of ether oxygens (including phenoxy) is 1. The van der Waals surface area contributed by atoms with E-state index < -0.39 is 6.36 Å². The van der Waals surface area contributed by atoms with Crippen molar-refractivity contribution in [1.82, 2.24) is 0 Å². The Bertz CT molecular complexity index is 369. The largest absolute Gasteiger partial charge is 0.573 e. The molecule has 4 N–H and O–H groups in total. The number of aliphatic imine (C=N–C) groups is 1. The normalized spacial score (nSPS) is 10.9. The first-order valence-electron chi connectivity index (χ1n) is 4.27. The fraction of sp³-hybridized carbons (Fsp3) is 0.222. The van der Waals surface area contributed by atoms with Gasteiger partial charge in [-0.05, 0) is 17.7 Å². The lowest BCUT2D eigenvalue weighted by Crippen LogP contribution is -2.22. The van der Waals surface area contributed by atoms with E-state index in [1.807, 2.05) is 0 Å². The zero-order valence-corrected chi connectivity index (χ0v) is 8.16. The maximum atomic E-state index is 11.8. The van der Waals surface area contributed by atoms with Crippen LogP contribution in [-0.2, 0) is 6.54 Å². The Morgan fingerprint density at radius 2 is 1.75 bits per heavy atom. The van der Waals surface area contributed by atoms with E-state index in [9.17, 15) is 13.2 Å². The van der Waals surface area contributed by atoms with Crippen molar-refractivity contribution in [2.24, 2.45) is 16.5 Å². The number of hydrogen-bond donors (Lipinski definition) is 2. The van der Waals surface area contributed by atoms with Crippen LogP contribution in [0, 0.1) is 0 Å². The molecule has 0 aromatic heterocycles. The zero-order chi connectivity index (χ0) is 12.2. The third-order valence-electron chi connectivity index (χ3n) is 1.60. The molecule has 0 unspecified atom stereocenters. The summed E-state index contributed by atoms with van der Waals surface area (Å²) < 4.78 is 39.2. The second kappa shape index (κ2) is 4.73. The highest BCUT2D eigenvalue weighted by molar-refractivity contribution is 5.75. The van der Waals surface area contributed by atoms with E-state index in [1.54, 1.807) is 0 Å². The molecule has 0 saturated heterocycles. The first-order valence-corrected chi connectivity index (χ1v) is 4.27. The molecule has 1 rings (SSSR count). The van der Waals surface area contributed by atoms with Crippen LogP contribution >= 0.6 is 0 Å². The predicted octanol–water partition coefficient (Wildman–Crippen LogP) is 1.36. The highest BCUT2D eigenvalue weighted by Gasteiger charge is 2.30. The van der Waals surface area contributed by atoms with Crippen LogP contribution in [0.3, 0.4) is 0 Å². The van der Waals surface area contributed by atoms with Gasteiger partial charge >= 0.3 is 6.36 Å². The van der Waals surface area contributed by atoms with E-state index >= 15 is 0 Å². The summed E-state index contributed by atoms with van der Waals surface area (Å²) in [5, 5.41) is 0. The second-order valence-electron chi connectivity index (χ2n) is 2.93. The van der Waals surface area contributed by atoms with Crippen molar-refractivity contribution in [2.75, 3.05) is 0 Å². The van der Waals surface area contributed by atoms with Crippen molar-refractivity contribution < 1.29 is 17.9 Å². The van der Waals surface area contributed by atoms with Crippen LogP contribution in [0.1, 0.15) is 5.56 Å². The minimum atomic E-state index is -4.68. The Hall–Kier alpha value is -1.92. The molecule has 0 aliphatic heterocycles. The second-order valence-corrected chi connectivity index (χ2v) is 2.93. The van der Waals surface area contributed by atoms with Crippen molar-refractivity contribution in [1.29, 1.82) is 0 Å². The summed E-state index contributed by atoms with van der Waals surface area (Å²) in [5.74, 6) is -0.350. The lowest BCUT2D eigenvalue weighted by atomic mass is 10.2. The predicted molar refractivity (Wildman–Crippen MR) is 52.6 cm³/mol. The summed E-state index contributed by atoms with van der Waals surface area (Å²) in [6.07, 6.45) is -4.68. The Kier molecular flexibility index (Phi) is 3.60. The fourth-order valence-electron chi connectivity index (χ4n) is 0.979. The van der Waals surface area contributed by atoms with Gasteiger partial charge in [-0.3, -0.25) is 0 Å². The van der Waals surface area contributed by atoms with Crippen molar-refractivity contribution in [3.63, 3.8) is 0 Å². The highest BCUT2D eigenvalue weighted by Crippen LogP contribution is 2.22. The van der Waals surface area contributed by atoms with Gasteiger partial charge < -0.3 is 16.2 Å². The van der Waals surface area contributed by atoms with Crippen LogP contribution in [-0.4, -0.2) is 12.3 Å². The number of hydrogen-bond acceptors (Lipinski definition) is 2. The van der Waals surface area contributed by atoms with Crippen molar-refractivity contribution in [3.05, 3.63) is 29.8 Å². The molecule has 0 fully saturated rings. The number of nitrogens with zero attached hydrogens (tertiary/aromatic N) is 1. The summed E-state index contributed by atoms with van der Waals surface area (Å²) in [5.41, 5.74) is 10.9. The monoisotopic (exact) mass is 233 g/mol. The van der Waals surface area contributed by atoms with Crippen LogP contribution in [0.25, 0.3) is 0 Å². The molecule has 1 aromatic rings. The summed E-state index contributed by atoms with van der Waals surface area (Å²) in [6.45, 7) is 0.217. The lowest BCUT2D eigenvalue weighted by Gasteiger charge is -2.08. The van der Waals surface area contributed by atoms with Gasteiger partial charge in [0, 0.05) is 0 Å². The Balaban J connectivity index is 2.65. The molecule has 0 heterocycles. The van der Waals surface area contributed by atoms with E-state index in [0.29, 0.717) is 5.56 Å². The molecular weight excluding hydrogens is 223 g/mol. The van der Waals surface area contributed by atoms with Gasteiger partial charge in [0.05, 0.1) is 6.54 Å². The summed E-state index contributed by atoms with van der Waals surface area (Å²) in [4.78, 5) is 3.71. The lowest BCUT2D eigenvalue weighted by molar-refractivity contribution is -0.274. The molecule has 0 amide bonds. The number of rotatable bonds is 3. The average molecular weight is 233 g/mol. The molecule has 0 spiro atoms. The molecule has 0 aliphatic carbocycles. The molecule has 0 bridgehead atoms. The van der Waals surface area contributed by atoms with Gasteiger partial charge in [-0.25, -0.2) is 4.99 Å². The Morgan fingerprint density at radius 3 is 2.19 bits per heavy atom. The topological polar surface area (TPSA) is 73.6 Å². The zero-order valence-electron chi connectivity index (χ0n) is 8.16. The Labute approximate surface area is 89.7 Å². The van der Waals surface area contributed by atoms with Gasteiger partial charge in [-0.15, -0.1) is 13.2 Å². The highest BCUT2D eigenvalue weighted by atomic mass is 19.4. The summed E-state index contributed by atoms with van der Waals surface area (Å²) >= 11 is 0. The third-order valence-corrected chi connectivity index (χ3v) is 1.60. The van der Waals surface area contributed by atoms with Gasteiger partial charge in [-0.1, -0.05) is 12.1 Å². The van der Waals surface area contributed by atoms with Gasteiger partial charge in [0.25, 0.3) is 0 Å². The Morgan fingerprint density at radius 1 is 1.19 bits per heavy atom. The van der Waals surface area contributed by atoms with E-state index in [-0.39, 0.29) is 18.3 Å². The quantitative estimate of drug-likeness (QED) is 0.611. The molecule has 0 saturated carbocycles. The van der Waals surface area contributed by atoms with Gasteiger partial charge in [-0.2, -0.15) is 0 Å². The van der Waals surface area contributed by atoms with Gasteiger partial charge in [0.1, 0.15) is 5.75 Å². The SMILES string of the molecule is NC(N)=NCc1ccc(OC(F)(F)F)cc1. The van der Waals surface area contributed by atoms with E-state index in [1.165, 1.54) is 24.3 Å². The van der Waals surface area contributed by atoms with E-state index in [0.717, 1.165) is 0 Å². The average Bonchev–Trinajstić information content (AvgIpc) is 2.14.